The van der Waals surface area contributed by atoms with Crippen molar-refractivity contribution in [1.29, 1.82) is 0 Å². The van der Waals surface area contributed by atoms with Crippen molar-refractivity contribution in [2.45, 2.75) is 10.2 Å². The Bertz CT molecular complexity index is 807. The van der Waals surface area contributed by atoms with Gasteiger partial charge < -0.3 is 5.73 Å². The SMILES string of the molecule is Cn1c(Sc2ccc3cc(N)ccc3n2)n[nH]c1=O. The number of hydrogen-bond donors (Lipinski definition) is 2. The number of aromatic amines is 1. The summed E-state index contributed by atoms with van der Waals surface area (Å²) in [5, 5.41) is 8.67. The van der Waals surface area contributed by atoms with E-state index in [0.717, 1.165) is 15.9 Å². The number of nitrogens with two attached hydrogens (primary N) is 1. The lowest BCUT2D eigenvalue weighted by Crippen LogP contribution is -2.12. The number of benzene rings is 1. The third kappa shape index (κ3) is 2.19. The number of nitrogens with zero attached hydrogens (tertiary/aromatic N) is 3. The highest BCUT2D eigenvalue weighted by Crippen LogP contribution is 2.25. The summed E-state index contributed by atoms with van der Waals surface area (Å²) < 4.78 is 1.44. The van der Waals surface area contributed by atoms with Gasteiger partial charge in [-0.3, -0.25) is 4.57 Å². The van der Waals surface area contributed by atoms with Gasteiger partial charge in [-0.25, -0.2) is 14.9 Å². The first-order chi connectivity index (χ1) is 9.13. The second-order valence-electron chi connectivity index (χ2n) is 4.07. The molecule has 0 bridgehead atoms. The van der Waals surface area contributed by atoms with Gasteiger partial charge >= 0.3 is 5.69 Å². The molecule has 96 valence electrons. The van der Waals surface area contributed by atoms with Crippen LogP contribution in [0.2, 0.25) is 0 Å². The molecule has 1 aromatic carbocycles. The molecule has 0 amide bonds. The number of nitrogens with one attached hydrogen (secondary N) is 1. The fraction of sp³-hybridized carbons (Fsp3) is 0.0833. The summed E-state index contributed by atoms with van der Waals surface area (Å²) in [6.07, 6.45) is 0. The molecule has 0 radical (unpaired) electrons. The van der Waals surface area contributed by atoms with Gasteiger partial charge in [0.1, 0.15) is 5.03 Å². The van der Waals surface area contributed by atoms with Crippen molar-refractivity contribution in [2.75, 3.05) is 5.73 Å². The van der Waals surface area contributed by atoms with Crippen LogP contribution in [0.25, 0.3) is 10.9 Å². The zero-order valence-corrected chi connectivity index (χ0v) is 10.9. The highest BCUT2D eigenvalue weighted by Gasteiger charge is 2.07. The van der Waals surface area contributed by atoms with Gasteiger partial charge in [0.05, 0.1) is 5.52 Å². The summed E-state index contributed by atoms with van der Waals surface area (Å²) >= 11 is 1.33. The average molecular weight is 273 g/mol. The van der Waals surface area contributed by atoms with Gasteiger partial charge in [-0.2, -0.15) is 0 Å². The maximum atomic E-state index is 11.3. The lowest BCUT2D eigenvalue weighted by Gasteiger charge is -2.02. The molecule has 7 heteroatoms. The first-order valence-corrected chi connectivity index (χ1v) is 6.41. The highest BCUT2D eigenvalue weighted by atomic mass is 32.2. The van der Waals surface area contributed by atoms with E-state index in [1.54, 1.807) is 7.05 Å². The molecule has 3 aromatic rings. The Morgan fingerprint density at radius 3 is 2.89 bits per heavy atom. The number of pyridine rings is 1. The summed E-state index contributed by atoms with van der Waals surface area (Å²) in [5.74, 6) is 0. The number of anilines is 1. The van der Waals surface area contributed by atoms with E-state index in [-0.39, 0.29) is 5.69 Å². The molecule has 2 aromatic heterocycles. The summed E-state index contributed by atoms with van der Waals surface area (Å²) in [4.78, 5) is 15.8. The lowest BCUT2D eigenvalue weighted by molar-refractivity contribution is 0.765. The van der Waals surface area contributed by atoms with E-state index in [1.807, 2.05) is 30.3 Å². The predicted molar refractivity (Wildman–Crippen MR) is 74.1 cm³/mol. The van der Waals surface area contributed by atoms with E-state index in [4.69, 9.17) is 5.73 Å². The smallest absolute Gasteiger partial charge is 0.343 e. The molecule has 2 heterocycles. The Hall–Kier alpha value is -2.28. The quantitative estimate of drug-likeness (QED) is 0.689. The Labute approximate surface area is 112 Å². The minimum Gasteiger partial charge on any atom is -0.399 e. The van der Waals surface area contributed by atoms with Crippen molar-refractivity contribution in [3.05, 3.63) is 40.8 Å². The average Bonchev–Trinajstić information content (AvgIpc) is 2.71. The predicted octanol–water partition coefficient (Wildman–Crippen LogP) is 1.39. The van der Waals surface area contributed by atoms with Crippen LogP contribution in [0.4, 0.5) is 5.69 Å². The molecule has 0 aliphatic carbocycles. The number of rotatable bonds is 2. The molecule has 0 unspecified atom stereocenters. The van der Waals surface area contributed by atoms with Gasteiger partial charge in [0, 0.05) is 18.1 Å². The number of aromatic nitrogens is 4. The molecule has 0 aliphatic heterocycles. The Kier molecular flexibility index (Phi) is 2.75. The van der Waals surface area contributed by atoms with Gasteiger partial charge in [0.15, 0.2) is 5.16 Å². The Balaban J connectivity index is 2.00. The first kappa shape index (κ1) is 11.8. The van der Waals surface area contributed by atoms with Crippen molar-refractivity contribution in [1.82, 2.24) is 19.7 Å². The largest absolute Gasteiger partial charge is 0.399 e. The van der Waals surface area contributed by atoms with Crippen molar-refractivity contribution < 1.29 is 0 Å². The van der Waals surface area contributed by atoms with E-state index in [9.17, 15) is 4.79 Å². The lowest BCUT2D eigenvalue weighted by atomic mass is 10.2. The maximum absolute atomic E-state index is 11.3. The molecule has 3 N–H and O–H groups in total. The van der Waals surface area contributed by atoms with E-state index in [0.29, 0.717) is 10.8 Å². The van der Waals surface area contributed by atoms with Crippen LogP contribution in [-0.4, -0.2) is 19.7 Å². The molecule has 0 spiro atoms. The van der Waals surface area contributed by atoms with Crippen molar-refractivity contribution in [2.24, 2.45) is 7.05 Å². The fourth-order valence-electron chi connectivity index (χ4n) is 1.70. The number of hydrogen-bond acceptors (Lipinski definition) is 5. The standard InChI is InChI=1S/C12H11N5OS/c1-17-11(18)15-16-12(17)19-10-5-2-7-6-8(13)3-4-9(7)14-10/h2-6H,13H2,1H3,(H,15,18). The third-order valence-corrected chi connectivity index (χ3v) is 3.71. The van der Waals surface area contributed by atoms with Crippen LogP contribution in [0.1, 0.15) is 0 Å². The minimum absolute atomic E-state index is 0.240. The van der Waals surface area contributed by atoms with Crippen molar-refractivity contribution >= 4 is 28.4 Å². The molecule has 0 saturated carbocycles. The first-order valence-electron chi connectivity index (χ1n) is 5.59. The van der Waals surface area contributed by atoms with Crippen LogP contribution < -0.4 is 11.4 Å². The topological polar surface area (TPSA) is 89.6 Å². The molecular formula is C12H11N5OS. The second-order valence-corrected chi connectivity index (χ2v) is 5.06. The Morgan fingerprint density at radius 1 is 1.32 bits per heavy atom. The molecule has 0 fully saturated rings. The zero-order chi connectivity index (χ0) is 13.4. The summed E-state index contributed by atoms with van der Waals surface area (Å²) in [6, 6.07) is 9.39. The van der Waals surface area contributed by atoms with Crippen LogP contribution in [0.15, 0.2) is 45.3 Å². The van der Waals surface area contributed by atoms with E-state index in [1.165, 1.54) is 16.3 Å². The van der Waals surface area contributed by atoms with Crippen molar-refractivity contribution in [3.8, 4) is 0 Å². The summed E-state index contributed by atoms with van der Waals surface area (Å²) in [7, 11) is 1.66. The molecule has 0 aliphatic rings. The molecule has 6 nitrogen and oxygen atoms in total. The molecule has 3 rings (SSSR count). The third-order valence-electron chi connectivity index (χ3n) is 2.72. The van der Waals surface area contributed by atoms with Gasteiger partial charge in [-0.05, 0) is 36.0 Å². The summed E-state index contributed by atoms with van der Waals surface area (Å²) in [6.45, 7) is 0. The van der Waals surface area contributed by atoms with E-state index < -0.39 is 0 Å². The zero-order valence-electron chi connectivity index (χ0n) is 10.1. The minimum atomic E-state index is -0.240. The van der Waals surface area contributed by atoms with Gasteiger partial charge in [0.25, 0.3) is 0 Å². The van der Waals surface area contributed by atoms with E-state index >= 15 is 0 Å². The van der Waals surface area contributed by atoms with Crippen LogP contribution >= 0.6 is 11.8 Å². The number of fused-ring (bicyclic) bond motifs is 1. The number of nitrogen functional groups attached to an aromatic ring is 1. The maximum Gasteiger partial charge on any atom is 0.343 e. The molecule has 0 atom stereocenters. The molecule has 0 saturated heterocycles. The van der Waals surface area contributed by atoms with Crippen LogP contribution in [-0.2, 0) is 7.05 Å². The van der Waals surface area contributed by atoms with Gasteiger partial charge in [-0.1, -0.05) is 6.07 Å². The van der Waals surface area contributed by atoms with E-state index in [2.05, 4.69) is 15.2 Å². The second kappa shape index (κ2) is 4.43. The Morgan fingerprint density at radius 2 is 2.16 bits per heavy atom. The van der Waals surface area contributed by atoms with Crippen molar-refractivity contribution in [3.63, 3.8) is 0 Å². The molecule has 19 heavy (non-hydrogen) atoms. The van der Waals surface area contributed by atoms with Gasteiger partial charge in [0.2, 0.25) is 0 Å². The number of H-pyrrole nitrogens is 1. The fourth-order valence-corrected chi connectivity index (χ4v) is 2.48. The highest BCUT2D eigenvalue weighted by molar-refractivity contribution is 7.99. The van der Waals surface area contributed by atoms with Crippen LogP contribution in [0.5, 0.6) is 0 Å². The summed E-state index contributed by atoms with van der Waals surface area (Å²) in [5.41, 5.74) is 7.06. The molecular weight excluding hydrogens is 262 g/mol. The normalized spacial score (nSPS) is 11.0. The monoisotopic (exact) mass is 273 g/mol. The van der Waals surface area contributed by atoms with Gasteiger partial charge in [-0.15, -0.1) is 5.10 Å². The van der Waals surface area contributed by atoms with Crippen LogP contribution in [0.3, 0.4) is 0 Å². The van der Waals surface area contributed by atoms with Crippen LogP contribution in [0, 0.1) is 0 Å².